The number of morpholine rings is 1. The number of rotatable bonds is 3. The smallest absolute Gasteiger partial charge is 0.475 e. The molecule has 0 spiro atoms. The standard InChI is InChI=1S/C19H26N2O2.C2HF3O2/c1-14-4-6-15(7-5-14)11-20-12-16-10-17(18(13-20)23-16)19(22)21-8-2-3-9-21;3-2(4,5)1(6)7/h4-7,16-18H,2-3,8-13H2,1H3;(H,6,7). The fourth-order valence-corrected chi connectivity index (χ4v) is 4.25. The Morgan fingerprint density at radius 1 is 1.13 bits per heavy atom. The van der Waals surface area contributed by atoms with E-state index in [4.69, 9.17) is 14.6 Å². The highest BCUT2D eigenvalue weighted by molar-refractivity contribution is 5.80. The van der Waals surface area contributed by atoms with Crippen LogP contribution in [-0.4, -0.2) is 71.3 Å². The van der Waals surface area contributed by atoms with Crippen LogP contribution in [0.3, 0.4) is 0 Å². The van der Waals surface area contributed by atoms with Gasteiger partial charge in [-0.05, 0) is 31.7 Å². The summed E-state index contributed by atoms with van der Waals surface area (Å²) < 4.78 is 37.8. The van der Waals surface area contributed by atoms with Gasteiger partial charge in [0.25, 0.3) is 0 Å². The van der Waals surface area contributed by atoms with Crippen molar-refractivity contribution in [3.63, 3.8) is 0 Å². The lowest BCUT2D eigenvalue weighted by atomic mass is 9.99. The molecule has 1 amide bonds. The normalized spacial score (nSPS) is 26.3. The minimum Gasteiger partial charge on any atom is -0.475 e. The average Bonchev–Trinajstić information content (AvgIpc) is 3.31. The third-order valence-corrected chi connectivity index (χ3v) is 5.74. The number of nitrogens with zero attached hydrogens (tertiary/aromatic N) is 2. The number of hydrogen-bond donors (Lipinski definition) is 1. The van der Waals surface area contributed by atoms with E-state index in [-0.39, 0.29) is 18.1 Å². The van der Waals surface area contributed by atoms with E-state index in [9.17, 15) is 18.0 Å². The number of benzene rings is 1. The van der Waals surface area contributed by atoms with Crippen molar-refractivity contribution in [1.29, 1.82) is 0 Å². The molecule has 3 fully saturated rings. The maximum atomic E-state index is 12.7. The molecule has 30 heavy (non-hydrogen) atoms. The number of likely N-dealkylation sites (tertiary alicyclic amines) is 2. The van der Waals surface area contributed by atoms with Crippen molar-refractivity contribution in [2.45, 2.75) is 51.1 Å². The molecular weight excluding hydrogens is 401 g/mol. The van der Waals surface area contributed by atoms with Gasteiger partial charge in [-0.25, -0.2) is 4.79 Å². The maximum absolute atomic E-state index is 12.7. The monoisotopic (exact) mass is 428 g/mol. The van der Waals surface area contributed by atoms with Crippen LogP contribution in [0.25, 0.3) is 0 Å². The van der Waals surface area contributed by atoms with E-state index in [1.807, 2.05) is 0 Å². The summed E-state index contributed by atoms with van der Waals surface area (Å²) in [5.41, 5.74) is 2.64. The van der Waals surface area contributed by atoms with E-state index >= 15 is 0 Å². The minimum atomic E-state index is -5.08. The van der Waals surface area contributed by atoms with E-state index in [1.165, 1.54) is 11.1 Å². The second-order valence-corrected chi connectivity index (χ2v) is 8.15. The van der Waals surface area contributed by atoms with Gasteiger partial charge in [0, 0.05) is 32.7 Å². The van der Waals surface area contributed by atoms with E-state index < -0.39 is 12.1 Å². The first-order chi connectivity index (χ1) is 14.1. The number of carboxylic acids is 1. The largest absolute Gasteiger partial charge is 0.490 e. The van der Waals surface area contributed by atoms with E-state index in [0.717, 1.165) is 52.0 Å². The van der Waals surface area contributed by atoms with Crippen molar-refractivity contribution in [3.05, 3.63) is 35.4 Å². The van der Waals surface area contributed by atoms with Gasteiger partial charge in [0.2, 0.25) is 5.91 Å². The Morgan fingerprint density at radius 3 is 2.30 bits per heavy atom. The van der Waals surface area contributed by atoms with Gasteiger partial charge in [-0.3, -0.25) is 9.69 Å². The number of hydrogen-bond acceptors (Lipinski definition) is 4. The van der Waals surface area contributed by atoms with Crippen LogP contribution in [0.1, 0.15) is 30.4 Å². The molecule has 3 unspecified atom stereocenters. The van der Waals surface area contributed by atoms with Crippen LogP contribution in [0.4, 0.5) is 13.2 Å². The summed E-state index contributed by atoms with van der Waals surface area (Å²) in [6.45, 7) is 6.80. The first-order valence-electron chi connectivity index (χ1n) is 10.2. The zero-order valence-corrected chi connectivity index (χ0v) is 16.9. The zero-order chi connectivity index (χ0) is 21.9. The van der Waals surface area contributed by atoms with E-state index in [0.29, 0.717) is 5.91 Å². The predicted molar refractivity (Wildman–Crippen MR) is 103 cm³/mol. The molecule has 6 nitrogen and oxygen atoms in total. The SMILES string of the molecule is Cc1ccc(CN2CC3CC(C(=O)N4CCCC4)C(C2)O3)cc1.O=C(O)C(F)(F)F. The highest BCUT2D eigenvalue weighted by atomic mass is 19.4. The van der Waals surface area contributed by atoms with Gasteiger partial charge in [0.1, 0.15) is 0 Å². The molecule has 166 valence electrons. The number of alkyl halides is 3. The van der Waals surface area contributed by atoms with Gasteiger partial charge in [0.15, 0.2) is 0 Å². The maximum Gasteiger partial charge on any atom is 0.490 e. The Labute approximate surface area is 173 Å². The quantitative estimate of drug-likeness (QED) is 0.802. The third kappa shape index (κ3) is 5.72. The molecule has 2 bridgehead atoms. The minimum absolute atomic E-state index is 0.0844. The van der Waals surface area contributed by atoms with Crippen molar-refractivity contribution in [2.24, 2.45) is 5.92 Å². The molecule has 1 aromatic carbocycles. The Balaban J connectivity index is 0.000000318. The second kappa shape index (κ2) is 9.34. The van der Waals surface area contributed by atoms with Crippen LogP contribution in [0.2, 0.25) is 0 Å². The topological polar surface area (TPSA) is 70.1 Å². The van der Waals surface area contributed by atoms with Crippen LogP contribution in [-0.2, 0) is 20.9 Å². The molecule has 3 heterocycles. The summed E-state index contributed by atoms with van der Waals surface area (Å²) in [7, 11) is 0. The lowest BCUT2D eigenvalue weighted by Gasteiger charge is -2.33. The van der Waals surface area contributed by atoms with Gasteiger partial charge < -0.3 is 14.7 Å². The van der Waals surface area contributed by atoms with Gasteiger partial charge >= 0.3 is 12.1 Å². The zero-order valence-electron chi connectivity index (χ0n) is 16.9. The Bertz CT molecular complexity index is 748. The van der Waals surface area contributed by atoms with Crippen LogP contribution in [0.15, 0.2) is 24.3 Å². The van der Waals surface area contributed by atoms with E-state index in [1.54, 1.807) is 0 Å². The molecule has 3 atom stereocenters. The van der Waals surface area contributed by atoms with Gasteiger partial charge in [-0.15, -0.1) is 0 Å². The Kier molecular flexibility index (Phi) is 7.02. The highest BCUT2D eigenvalue weighted by Crippen LogP contribution is 2.34. The number of carboxylic acid groups (broad SMARTS) is 1. The van der Waals surface area contributed by atoms with E-state index in [2.05, 4.69) is 41.0 Å². The summed E-state index contributed by atoms with van der Waals surface area (Å²) in [5, 5.41) is 7.12. The molecule has 3 aliphatic heterocycles. The summed E-state index contributed by atoms with van der Waals surface area (Å²) >= 11 is 0. The Morgan fingerprint density at radius 2 is 1.73 bits per heavy atom. The van der Waals surface area contributed by atoms with Crippen molar-refractivity contribution >= 4 is 11.9 Å². The molecule has 3 aliphatic rings. The molecule has 1 aromatic rings. The van der Waals surface area contributed by atoms with Gasteiger partial charge in [-0.1, -0.05) is 29.8 Å². The first kappa shape index (κ1) is 22.6. The molecule has 1 N–H and O–H groups in total. The molecule has 4 rings (SSSR count). The summed E-state index contributed by atoms with van der Waals surface area (Å²) in [6, 6.07) is 8.76. The molecule has 0 saturated carbocycles. The van der Waals surface area contributed by atoms with Crippen LogP contribution >= 0.6 is 0 Å². The number of amides is 1. The highest BCUT2D eigenvalue weighted by Gasteiger charge is 2.46. The molecule has 9 heteroatoms. The lowest BCUT2D eigenvalue weighted by molar-refractivity contribution is -0.192. The predicted octanol–water partition coefficient (Wildman–Crippen LogP) is 2.84. The summed E-state index contributed by atoms with van der Waals surface area (Å²) in [4.78, 5) is 26.1. The average molecular weight is 428 g/mol. The van der Waals surface area contributed by atoms with Crippen molar-refractivity contribution in [1.82, 2.24) is 9.80 Å². The van der Waals surface area contributed by atoms with Crippen molar-refractivity contribution < 1.29 is 32.6 Å². The second-order valence-electron chi connectivity index (χ2n) is 8.15. The third-order valence-electron chi connectivity index (χ3n) is 5.74. The molecule has 3 saturated heterocycles. The van der Waals surface area contributed by atoms with Crippen LogP contribution in [0, 0.1) is 12.8 Å². The summed E-state index contributed by atoms with van der Waals surface area (Å²) in [6.07, 6.45) is -1.53. The number of fused-ring (bicyclic) bond motifs is 2. The molecule has 0 radical (unpaired) electrons. The first-order valence-corrected chi connectivity index (χ1v) is 10.2. The number of halogens is 3. The van der Waals surface area contributed by atoms with Gasteiger partial charge in [0.05, 0.1) is 18.1 Å². The number of aryl methyl sites for hydroxylation is 1. The Hall–Kier alpha value is -2.13. The summed E-state index contributed by atoms with van der Waals surface area (Å²) in [5.74, 6) is -2.33. The van der Waals surface area contributed by atoms with Crippen LogP contribution < -0.4 is 0 Å². The number of ether oxygens (including phenoxy) is 1. The molecule has 0 aliphatic carbocycles. The lowest BCUT2D eigenvalue weighted by Crippen LogP contribution is -2.45. The fraction of sp³-hybridized carbons (Fsp3) is 0.619. The molecular formula is C21H27F3N2O4. The number of aliphatic carboxylic acids is 1. The number of carbonyl (C=O) groups excluding carboxylic acids is 1. The molecule has 0 aromatic heterocycles. The fourth-order valence-electron chi connectivity index (χ4n) is 4.25. The van der Waals surface area contributed by atoms with Crippen LogP contribution in [0.5, 0.6) is 0 Å². The van der Waals surface area contributed by atoms with Crippen molar-refractivity contribution in [3.8, 4) is 0 Å². The number of carbonyl (C=O) groups is 2. The van der Waals surface area contributed by atoms with Gasteiger partial charge in [-0.2, -0.15) is 13.2 Å². The van der Waals surface area contributed by atoms with Crippen molar-refractivity contribution in [2.75, 3.05) is 26.2 Å².